The SMILES string of the molecule is CCOC(=O)c1c(NC(=O)CSc2nnc(CCC3CCCCC3)n2C)sc2c1CCCC2. The van der Waals surface area contributed by atoms with Crippen LogP contribution in [0.4, 0.5) is 5.00 Å². The monoisotopic (exact) mass is 490 g/mol. The number of hydrogen-bond donors (Lipinski definition) is 1. The number of rotatable bonds is 9. The summed E-state index contributed by atoms with van der Waals surface area (Å²) >= 11 is 2.90. The number of thiophene rings is 1. The molecule has 2 aromatic heterocycles. The fourth-order valence-corrected chi connectivity index (χ4v) is 6.89. The largest absolute Gasteiger partial charge is 0.462 e. The highest BCUT2D eigenvalue weighted by Crippen LogP contribution is 2.38. The van der Waals surface area contributed by atoms with Crippen LogP contribution in [0, 0.1) is 5.92 Å². The van der Waals surface area contributed by atoms with E-state index >= 15 is 0 Å². The van der Waals surface area contributed by atoms with Gasteiger partial charge in [-0.25, -0.2) is 4.79 Å². The van der Waals surface area contributed by atoms with Gasteiger partial charge in [0, 0.05) is 18.3 Å². The number of amides is 1. The van der Waals surface area contributed by atoms with Crippen molar-refractivity contribution in [1.82, 2.24) is 14.8 Å². The molecule has 180 valence electrons. The molecule has 1 amide bonds. The molecule has 0 aliphatic heterocycles. The van der Waals surface area contributed by atoms with Gasteiger partial charge in [0.25, 0.3) is 0 Å². The molecule has 0 aromatic carbocycles. The fourth-order valence-electron chi connectivity index (χ4n) is 4.86. The van der Waals surface area contributed by atoms with Gasteiger partial charge < -0.3 is 14.6 Å². The molecule has 33 heavy (non-hydrogen) atoms. The number of esters is 1. The molecule has 0 saturated heterocycles. The summed E-state index contributed by atoms with van der Waals surface area (Å²) in [6.07, 6.45) is 12.9. The number of anilines is 1. The second-order valence-electron chi connectivity index (χ2n) is 8.97. The average Bonchev–Trinajstić information content (AvgIpc) is 3.36. The lowest BCUT2D eigenvalue weighted by Gasteiger charge is -2.20. The Morgan fingerprint density at radius 1 is 1.15 bits per heavy atom. The molecule has 2 aromatic rings. The van der Waals surface area contributed by atoms with Gasteiger partial charge in [-0.05, 0) is 50.5 Å². The molecule has 1 N–H and O–H groups in total. The van der Waals surface area contributed by atoms with E-state index in [1.165, 1.54) is 60.1 Å². The minimum atomic E-state index is -0.337. The van der Waals surface area contributed by atoms with Crippen molar-refractivity contribution in [1.29, 1.82) is 0 Å². The van der Waals surface area contributed by atoms with Crippen molar-refractivity contribution in [2.24, 2.45) is 13.0 Å². The van der Waals surface area contributed by atoms with Crippen LogP contribution in [0.15, 0.2) is 5.16 Å². The summed E-state index contributed by atoms with van der Waals surface area (Å²) in [6.45, 7) is 2.12. The lowest BCUT2D eigenvalue weighted by atomic mass is 9.86. The minimum Gasteiger partial charge on any atom is -0.462 e. The Labute approximate surface area is 204 Å². The van der Waals surface area contributed by atoms with E-state index in [4.69, 9.17) is 4.74 Å². The third-order valence-corrected chi connectivity index (χ3v) is 8.89. The van der Waals surface area contributed by atoms with E-state index in [-0.39, 0.29) is 17.6 Å². The van der Waals surface area contributed by atoms with Crippen LogP contribution in [0.5, 0.6) is 0 Å². The Bertz CT molecular complexity index is 979. The van der Waals surface area contributed by atoms with E-state index in [0.717, 1.165) is 61.0 Å². The first-order chi connectivity index (χ1) is 16.1. The summed E-state index contributed by atoms with van der Waals surface area (Å²) in [6, 6.07) is 0. The van der Waals surface area contributed by atoms with Crippen molar-refractivity contribution >= 4 is 40.0 Å². The molecular weight excluding hydrogens is 456 g/mol. The molecule has 9 heteroatoms. The predicted molar refractivity (Wildman–Crippen MR) is 132 cm³/mol. The van der Waals surface area contributed by atoms with Crippen LogP contribution >= 0.6 is 23.1 Å². The molecule has 1 saturated carbocycles. The summed E-state index contributed by atoms with van der Waals surface area (Å²) < 4.78 is 7.29. The van der Waals surface area contributed by atoms with Gasteiger partial charge >= 0.3 is 5.97 Å². The Hall–Kier alpha value is -1.87. The van der Waals surface area contributed by atoms with E-state index in [1.807, 2.05) is 11.6 Å². The minimum absolute atomic E-state index is 0.143. The number of carbonyl (C=O) groups is 2. The van der Waals surface area contributed by atoms with Gasteiger partial charge in [0.1, 0.15) is 10.8 Å². The number of fused-ring (bicyclic) bond motifs is 1. The van der Waals surface area contributed by atoms with Crippen LogP contribution in [0.2, 0.25) is 0 Å². The third-order valence-electron chi connectivity index (χ3n) is 6.66. The summed E-state index contributed by atoms with van der Waals surface area (Å²) in [5, 5.41) is 13.0. The summed E-state index contributed by atoms with van der Waals surface area (Å²) in [4.78, 5) is 26.5. The fraction of sp³-hybridized carbons (Fsp3) is 0.667. The molecule has 0 bridgehead atoms. The highest BCUT2D eigenvalue weighted by Gasteiger charge is 2.27. The Balaban J connectivity index is 1.35. The molecule has 2 heterocycles. The van der Waals surface area contributed by atoms with Gasteiger partial charge in [0.2, 0.25) is 5.91 Å². The normalized spacial score (nSPS) is 16.4. The quantitative estimate of drug-likeness (QED) is 0.385. The van der Waals surface area contributed by atoms with E-state index in [9.17, 15) is 9.59 Å². The summed E-state index contributed by atoms with van der Waals surface area (Å²) in [5.74, 6) is 1.53. The average molecular weight is 491 g/mol. The van der Waals surface area contributed by atoms with E-state index < -0.39 is 0 Å². The Kier molecular flexibility index (Phi) is 8.46. The number of aryl methyl sites for hydroxylation is 2. The molecule has 2 aliphatic carbocycles. The van der Waals surface area contributed by atoms with Gasteiger partial charge in [0.15, 0.2) is 5.16 Å². The van der Waals surface area contributed by atoms with Gasteiger partial charge in [-0.3, -0.25) is 4.79 Å². The maximum Gasteiger partial charge on any atom is 0.341 e. The van der Waals surface area contributed by atoms with Gasteiger partial charge in [0.05, 0.1) is 17.9 Å². The first-order valence-electron chi connectivity index (χ1n) is 12.2. The van der Waals surface area contributed by atoms with E-state index in [0.29, 0.717) is 17.2 Å². The lowest BCUT2D eigenvalue weighted by Crippen LogP contribution is -2.17. The molecule has 0 radical (unpaired) electrons. The second-order valence-corrected chi connectivity index (χ2v) is 11.0. The van der Waals surface area contributed by atoms with Crippen molar-refractivity contribution in [3.63, 3.8) is 0 Å². The number of carbonyl (C=O) groups excluding carboxylic acids is 2. The number of aromatic nitrogens is 3. The highest BCUT2D eigenvalue weighted by molar-refractivity contribution is 7.99. The van der Waals surface area contributed by atoms with Crippen LogP contribution in [-0.4, -0.2) is 39.0 Å². The van der Waals surface area contributed by atoms with Crippen LogP contribution < -0.4 is 5.32 Å². The maximum atomic E-state index is 12.7. The second kappa shape index (κ2) is 11.5. The maximum absolute atomic E-state index is 12.7. The zero-order valence-corrected chi connectivity index (χ0v) is 21.3. The molecule has 2 aliphatic rings. The van der Waals surface area contributed by atoms with Crippen LogP contribution in [0.3, 0.4) is 0 Å². The zero-order valence-electron chi connectivity index (χ0n) is 19.7. The van der Waals surface area contributed by atoms with Crippen molar-refractivity contribution in [3.8, 4) is 0 Å². The Morgan fingerprint density at radius 2 is 1.94 bits per heavy atom. The van der Waals surface area contributed by atoms with Gasteiger partial charge in [-0.1, -0.05) is 43.9 Å². The van der Waals surface area contributed by atoms with Crippen molar-refractivity contribution in [2.75, 3.05) is 17.7 Å². The molecular formula is C24H34N4O3S2. The molecule has 0 spiro atoms. The zero-order chi connectivity index (χ0) is 23.2. The molecule has 0 unspecified atom stereocenters. The number of hydrogen-bond acceptors (Lipinski definition) is 7. The topological polar surface area (TPSA) is 86.1 Å². The highest BCUT2D eigenvalue weighted by atomic mass is 32.2. The lowest BCUT2D eigenvalue weighted by molar-refractivity contribution is -0.113. The first-order valence-corrected chi connectivity index (χ1v) is 14.0. The number of nitrogens with zero attached hydrogens (tertiary/aromatic N) is 3. The van der Waals surface area contributed by atoms with Crippen LogP contribution in [0.1, 0.15) is 84.9 Å². The van der Waals surface area contributed by atoms with E-state index in [1.54, 1.807) is 6.92 Å². The standard InChI is InChI=1S/C24H34N4O3S2/c1-3-31-23(30)21-17-11-7-8-12-18(17)33-22(21)25-20(29)15-32-24-27-26-19(28(24)2)14-13-16-9-5-4-6-10-16/h16H,3-15H2,1-2H3,(H,25,29). The van der Waals surface area contributed by atoms with Gasteiger partial charge in [-0.15, -0.1) is 21.5 Å². The Morgan fingerprint density at radius 3 is 2.73 bits per heavy atom. The number of ether oxygens (including phenoxy) is 1. The summed E-state index contributed by atoms with van der Waals surface area (Å²) in [7, 11) is 1.97. The van der Waals surface area contributed by atoms with Crippen molar-refractivity contribution in [2.45, 2.75) is 82.7 Å². The van der Waals surface area contributed by atoms with Crippen LogP contribution in [0.25, 0.3) is 0 Å². The summed E-state index contributed by atoms with van der Waals surface area (Å²) in [5.41, 5.74) is 1.61. The molecule has 7 nitrogen and oxygen atoms in total. The predicted octanol–water partition coefficient (Wildman–Crippen LogP) is 5.18. The number of nitrogens with one attached hydrogen (secondary N) is 1. The smallest absolute Gasteiger partial charge is 0.341 e. The molecule has 4 rings (SSSR count). The van der Waals surface area contributed by atoms with E-state index in [2.05, 4.69) is 15.5 Å². The molecule has 1 fully saturated rings. The number of thioether (sulfide) groups is 1. The molecule has 0 atom stereocenters. The first kappa shape index (κ1) is 24.3. The van der Waals surface area contributed by atoms with Crippen LogP contribution in [-0.2, 0) is 35.8 Å². The third kappa shape index (κ3) is 5.98. The van der Waals surface area contributed by atoms with Gasteiger partial charge in [-0.2, -0.15) is 0 Å². The van der Waals surface area contributed by atoms with Crippen molar-refractivity contribution in [3.05, 3.63) is 21.8 Å². The van der Waals surface area contributed by atoms with Crippen molar-refractivity contribution < 1.29 is 14.3 Å².